The largest absolute Gasteiger partial charge is 0.457 e. The van der Waals surface area contributed by atoms with E-state index in [2.05, 4.69) is 17.0 Å². The Balaban J connectivity index is 1.49. The zero-order valence-corrected chi connectivity index (χ0v) is 18.8. The topological polar surface area (TPSA) is 82.0 Å². The number of rotatable bonds is 8. The van der Waals surface area contributed by atoms with Crippen LogP contribution in [0.3, 0.4) is 0 Å². The van der Waals surface area contributed by atoms with Gasteiger partial charge in [0, 0.05) is 5.56 Å². The summed E-state index contributed by atoms with van der Waals surface area (Å²) in [7, 11) is 0. The van der Waals surface area contributed by atoms with Crippen molar-refractivity contribution in [1.82, 2.24) is 5.01 Å². The van der Waals surface area contributed by atoms with E-state index in [9.17, 15) is 4.79 Å². The van der Waals surface area contributed by atoms with Crippen LogP contribution in [0.1, 0.15) is 51.2 Å². The van der Waals surface area contributed by atoms with Crippen LogP contribution in [-0.2, 0) is 4.79 Å². The first-order valence-electron chi connectivity index (χ1n) is 10.4. The van der Waals surface area contributed by atoms with Crippen LogP contribution < -0.4 is 0 Å². The van der Waals surface area contributed by atoms with Crippen molar-refractivity contribution >= 4 is 51.4 Å². The van der Waals surface area contributed by atoms with E-state index < -0.39 is 5.91 Å². The Morgan fingerprint density at radius 1 is 1.16 bits per heavy atom. The zero-order valence-electron chi connectivity index (χ0n) is 17.2. The third-order valence-electron chi connectivity index (χ3n) is 5.04. The Kier molecular flexibility index (Phi) is 6.73. The summed E-state index contributed by atoms with van der Waals surface area (Å²) >= 11 is 7.61. The van der Waals surface area contributed by atoms with Crippen molar-refractivity contribution in [1.29, 1.82) is 5.41 Å². The first-order valence-corrected chi connectivity index (χ1v) is 11.6. The summed E-state index contributed by atoms with van der Waals surface area (Å²) in [5, 5.41) is 16.4. The lowest BCUT2D eigenvalue weighted by atomic mass is 10.1. The smallest absolute Gasteiger partial charge is 0.283 e. The SMILES string of the molecule is CCCCCCCC1=NN2C(=N)/C(=C/c3ccc(-c4ccccc4Cl)o3)C(=O)N=C2S1. The fraction of sp³-hybridized carbons (Fsp3) is 0.304. The molecule has 6 nitrogen and oxygen atoms in total. The molecular formula is C23H23ClN4O2S. The molecule has 1 aromatic heterocycles. The number of furan rings is 1. The number of benzene rings is 1. The Hall–Kier alpha value is -2.64. The van der Waals surface area contributed by atoms with Crippen LogP contribution in [0.5, 0.6) is 0 Å². The predicted molar refractivity (Wildman–Crippen MR) is 128 cm³/mol. The van der Waals surface area contributed by atoms with Crippen LogP contribution in [-0.4, -0.2) is 27.0 Å². The van der Waals surface area contributed by atoms with Crippen molar-refractivity contribution in [2.24, 2.45) is 10.1 Å². The predicted octanol–water partition coefficient (Wildman–Crippen LogP) is 6.58. The number of fused-ring (bicyclic) bond motifs is 1. The number of carbonyl (C=O) groups excluding carboxylic acids is 1. The molecule has 1 amide bonds. The minimum Gasteiger partial charge on any atom is -0.457 e. The highest BCUT2D eigenvalue weighted by atomic mass is 35.5. The molecule has 4 rings (SSSR count). The van der Waals surface area contributed by atoms with E-state index in [-0.39, 0.29) is 11.4 Å². The van der Waals surface area contributed by atoms with Gasteiger partial charge in [0.25, 0.3) is 5.91 Å². The van der Waals surface area contributed by atoms with E-state index >= 15 is 0 Å². The van der Waals surface area contributed by atoms with E-state index in [1.807, 2.05) is 18.2 Å². The van der Waals surface area contributed by atoms with Crippen LogP contribution in [0.25, 0.3) is 17.4 Å². The number of carbonyl (C=O) groups is 1. The second kappa shape index (κ2) is 9.66. The van der Waals surface area contributed by atoms with Gasteiger partial charge >= 0.3 is 0 Å². The van der Waals surface area contributed by atoms with E-state index in [1.165, 1.54) is 42.1 Å². The van der Waals surface area contributed by atoms with Gasteiger partial charge in [-0.25, -0.2) is 0 Å². The third kappa shape index (κ3) is 4.83. The number of aliphatic imine (C=N–C) groups is 1. The quantitative estimate of drug-likeness (QED) is 0.360. The van der Waals surface area contributed by atoms with Gasteiger partial charge in [0.2, 0.25) is 5.17 Å². The summed E-state index contributed by atoms with van der Waals surface area (Å²) < 4.78 is 5.85. The molecule has 2 aliphatic rings. The summed E-state index contributed by atoms with van der Waals surface area (Å²) in [4.78, 5) is 16.7. The van der Waals surface area contributed by atoms with Crippen molar-refractivity contribution in [3.8, 4) is 11.3 Å². The van der Waals surface area contributed by atoms with Crippen molar-refractivity contribution in [2.45, 2.75) is 45.4 Å². The monoisotopic (exact) mass is 454 g/mol. The highest BCUT2D eigenvalue weighted by Gasteiger charge is 2.35. The average Bonchev–Trinajstić information content (AvgIpc) is 3.38. The normalized spacial score (nSPS) is 17.2. The molecule has 2 aliphatic heterocycles. The van der Waals surface area contributed by atoms with E-state index in [0.717, 1.165) is 29.9 Å². The molecule has 1 N–H and O–H groups in total. The van der Waals surface area contributed by atoms with Crippen LogP contribution in [0.15, 0.2) is 56.5 Å². The van der Waals surface area contributed by atoms with Crippen LogP contribution in [0, 0.1) is 5.41 Å². The van der Waals surface area contributed by atoms with Crippen LogP contribution in [0.2, 0.25) is 5.02 Å². The average molecular weight is 455 g/mol. The molecule has 0 saturated heterocycles. The first kappa shape index (κ1) is 21.6. The van der Waals surface area contributed by atoms with Crippen LogP contribution >= 0.6 is 23.4 Å². The molecule has 0 saturated carbocycles. The molecule has 0 unspecified atom stereocenters. The van der Waals surface area contributed by atoms with Crippen molar-refractivity contribution < 1.29 is 9.21 Å². The van der Waals surface area contributed by atoms with Gasteiger partial charge in [-0.15, -0.1) is 0 Å². The van der Waals surface area contributed by atoms with Gasteiger partial charge in [-0.05, 0) is 54.9 Å². The van der Waals surface area contributed by atoms with Gasteiger partial charge in [0.1, 0.15) is 16.6 Å². The first-order chi connectivity index (χ1) is 15.1. The Bertz CT molecular complexity index is 1100. The molecule has 160 valence electrons. The molecule has 0 atom stereocenters. The highest BCUT2D eigenvalue weighted by molar-refractivity contribution is 8.26. The van der Waals surface area contributed by atoms with Gasteiger partial charge < -0.3 is 4.42 Å². The summed E-state index contributed by atoms with van der Waals surface area (Å²) in [5.41, 5.74) is 0.917. The van der Waals surface area contributed by atoms with Gasteiger partial charge in [-0.3, -0.25) is 10.2 Å². The minimum atomic E-state index is -0.459. The summed E-state index contributed by atoms with van der Waals surface area (Å²) in [6.45, 7) is 2.20. The second-order valence-electron chi connectivity index (χ2n) is 7.36. The molecule has 0 bridgehead atoms. The van der Waals surface area contributed by atoms with E-state index in [0.29, 0.717) is 21.7 Å². The van der Waals surface area contributed by atoms with E-state index in [1.54, 1.807) is 18.2 Å². The highest BCUT2D eigenvalue weighted by Crippen LogP contribution is 2.32. The number of halogens is 1. The molecular weight excluding hydrogens is 432 g/mol. The fourth-order valence-corrected chi connectivity index (χ4v) is 4.55. The Morgan fingerprint density at radius 2 is 1.97 bits per heavy atom. The molecule has 3 heterocycles. The van der Waals surface area contributed by atoms with Gasteiger partial charge in [0.05, 0.1) is 10.6 Å². The lowest BCUT2D eigenvalue weighted by Crippen LogP contribution is -2.35. The Labute approximate surface area is 190 Å². The van der Waals surface area contributed by atoms with Crippen LogP contribution in [0.4, 0.5) is 0 Å². The molecule has 31 heavy (non-hydrogen) atoms. The number of unbranched alkanes of at least 4 members (excludes halogenated alkanes) is 4. The molecule has 0 radical (unpaired) electrons. The number of amidine groups is 2. The Morgan fingerprint density at radius 3 is 2.77 bits per heavy atom. The number of hydrogen-bond acceptors (Lipinski definition) is 5. The minimum absolute atomic E-state index is 0.0131. The molecule has 2 aromatic rings. The number of hydrazone groups is 1. The lowest BCUT2D eigenvalue weighted by molar-refractivity contribution is -0.114. The van der Waals surface area contributed by atoms with Gasteiger partial charge in [0.15, 0.2) is 5.84 Å². The zero-order chi connectivity index (χ0) is 21.8. The number of thioether (sulfide) groups is 1. The number of nitrogens with one attached hydrogen (secondary N) is 1. The van der Waals surface area contributed by atoms with Crippen molar-refractivity contribution in [3.05, 3.63) is 52.8 Å². The van der Waals surface area contributed by atoms with E-state index in [4.69, 9.17) is 21.4 Å². The second-order valence-corrected chi connectivity index (χ2v) is 8.81. The molecule has 0 fully saturated rings. The van der Waals surface area contributed by atoms with Crippen molar-refractivity contribution in [2.75, 3.05) is 0 Å². The maximum absolute atomic E-state index is 12.6. The summed E-state index contributed by atoms with van der Waals surface area (Å²) in [5.74, 6) is 0.600. The lowest BCUT2D eigenvalue weighted by Gasteiger charge is -2.19. The number of nitrogens with zero attached hydrogens (tertiary/aromatic N) is 3. The molecule has 8 heteroatoms. The molecule has 1 aromatic carbocycles. The number of hydrogen-bond donors (Lipinski definition) is 1. The standard InChI is InChI=1S/C23H23ClN4O2S/c1-2-3-4-5-6-11-20-27-28-21(25)17(22(29)26-23(28)31-20)14-15-12-13-19(30-15)16-9-7-8-10-18(16)24/h7-10,12-14,25H,2-6,11H2,1H3/b17-14-,25-21?. The maximum atomic E-state index is 12.6. The van der Waals surface area contributed by atoms with Crippen molar-refractivity contribution in [3.63, 3.8) is 0 Å². The number of amides is 1. The maximum Gasteiger partial charge on any atom is 0.283 e. The van der Waals surface area contributed by atoms with Gasteiger partial charge in [-0.2, -0.15) is 15.1 Å². The fourth-order valence-electron chi connectivity index (χ4n) is 3.39. The summed E-state index contributed by atoms with van der Waals surface area (Å²) in [6, 6.07) is 10.9. The third-order valence-corrected chi connectivity index (χ3v) is 6.34. The molecule has 0 aliphatic carbocycles. The van der Waals surface area contributed by atoms with Gasteiger partial charge in [-0.1, -0.05) is 56.3 Å². The summed E-state index contributed by atoms with van der Waals surface area (Å²) in [6.07, 6.45) is 8.26. The molecule has 0 spiro atoms.